The number of carbonyl (C=O) groups excluding carboxylic acids is 2. The van der Waals surface area contributed by atoms with Crippen LogP contribution in [0.1, 0.15) is 39.5 Å². The molecule has 10 nitrogen and oxygen atoms in total. The van der Waals surface area contributed by atoms with Crippen LogP contribution in [0, 0.1) is 0 Å². The van der Waals surface area contributed by atoms with Crippen molar-refractivity contribution in [3.05, 3.63) is 0 Å². The molecule has 27 heavy (non-hydrogen) atoms. The molecule has 0 aromatic heterocycles. The molecule has 2 aliphatic heterocycles. The van der Waals surface area contributed by atoms with E-state index in [0.717, 1.165) is 0 Å². The van der Waals surface area contributed by atoms with E-state index in [1.54, 1.807) is 0 Å². The molecule has 0 bridgehead atoms. The van der Waals surface area contributed by atoms with Crippen LogP contribution in [0.15, 0.2) is 0 Å². The Balaban J connectivity index is 0.000000277. The molecule has 0 aromatic rings. The Morgan fingerprint density at radius 2 is 1.78 bits per heavy atom. The lowest BCUT2D eigenvalue weighted by molar-refractivity contribution is -0.206. The SMILES string of the molecule is CC(=O)OCC1CC(OC(C)=O)CCO1.COC1CC(O)OC(C(=O)O)C1. The van der Waals surface area contributed by atoms with Gasteiger partial charge in [0.15, 0.2) is 12.4 Å². The maximum atomic E-state index is 10.7. The molecule has 0 aromatic carbocycles. The van der Waals surface area contributed by atoms with Crippen LogP contribution in [-0.4, -0.2) is 79.2 Å². The summed E-state index contributed by atoms with van der Waals surface area (Å²) in [6.45, 7) is 3.50. The molecule has 0 aliphatic carbocycles. The number of carbonyl (C=O) groups is 3. The van der Waals surface area contributed by atoms with Gasteiger partial charge in [-0.1, -0.05) is 0 Å². The van der Waals surface area contributed by atoms with Gasteiger partial charge in [-0.15, -0.1) is 0 Å². The quantitative estimate of drug-likeness (QED) is 0.626. The predicted molar refractivity (Wildman–Crippen MR) is 89.7 cm³/mol. The van der Waals surface area contributed by atoms with Crippen molar-refractivity contribution >= 4 is 17.9 Å². The molecule has 5 unspecified atom stereocenters. The van der Waals surface area contributed by atoms with E-state index >= 15 is 0 Å². The standard InChI is InChI=1S/C10H16O5.C7H12O5/c1-7(11)14-6-10-5-9(3-4-13-10)15-8(2)12;1-11-4-2-5(7(9)10)12-6(8)3-4/h9-10H,3-6H2,1-2H3;4-6,8H,2-3H2,1H3,(H,9,10). The average molecular weight is 392 g/mol. The zero-order valence-corrected chi connectivity index (χ0v) is 15.8. The van der Waals surface area contributed by atoms with Gasteiger partial charge in [-0.3, -0.25) is 9.59 Å². The van der Waals surface area contributed by atoms with Gasteiger partial charge in [-0.2, -0.15) is 0 Å². The number of methoxy groups -OCH3 is 1. The van der Waals surface area contributed by atoms with E-state index in [4.69, 9.17) is 33.9 Å². The minimum atomic E-state index is -1.06. The minimum absolute atomic E-state index is 0.114. The van der Waals surface area contributed by atoms with Crippen LogP contribution >= 0.6 is 0 Å². The van der Waals surface area contributed by atoms with Crippen LogP contribution in [0.5, 0.6) is 0 Å². The first-order chi connectivity index (χ1) is 12.7. The Morgan fingerprint density at radius 3 is 2.33 bits per heavy atom. The van der Waals surface area contributed by atoms with Crippen LogP contribution in [0.3, 0.4) is 0 Å². The molecule has 10 heteroatoms. The molecule has 2 saturated heterocycles. The summed E-state index contributed by atoms with van der Waals surface area (Å²) in [5, 5.41) is 17.6. The zero-order chi connectivity index (χ0) is 20.4. The largest absolute Gasteiger partial charge is 0.479 e. The minimum Gasteiger partial charge on any atom is -0.479 e. The molecule has 2 heterocycles. The number of hydrogen-bond donors (Lipinski definition) is 2. The number of aliphatic carboxylic acids is 1. The molecule has 2 aliphatic rings. The van der Waals surface area contributed by atoms with Gasteiger partial charge in [0.05, 0.1) is 18.8 Å². The molecule has 5 atom stereocenters. The highest BCUT2D eigenvalue weighted by Crippen LogP contribution is 2.20. The van der Waals surface area contributed by atoms with Gasteiger partial charge < -0.3 is 33.9 Å². The van der Waals surface area contributed by atoms with Gasteiger partial charge in [0, 0.05) is 46.6 Å². The Kier molecular flexibility index (Phi) is 10.2. The van der Waals surface area contributed by atoms with Gasteiger partial charge in [0.1, 0.15) is 12.7 Å². The molecule has 156 valence electrons. The number of carboxylic acids is 1. The number of rotatable bonds is 5. The van der Waals surface area contributed by atoms with Crippen molar-refractivity contribution in [3.63, 3.8) is 0 Å². The van der Waals surface area contributed by atoms with Crippen LogP contribution < -0.4 is 0 Å². The molecular formula is C17H28O10. The lowest BCUT2D eigenvalue weighted by Crippen LogP contribution is -2.40. The Labute approximate surface area is 157 Å². The Hall–Kier alpha value is -1.75. The molecule has 0 amide bonds. The maximum absolute atomic E-state index is 10.7. The average Bonchev–Trinajstić information content (AvgIpc) is 2.59. The van der Waals surface area contributed by atoms with Gasteiger partial charge in [-0.05, 0) is 0 Å². The van der Waals surface area contributed by atoms with Gasteiger partial charge in [0.25, 0.3) is 0 Å². The van der Waals surface area contributed by atoms with Crippen LogP contribution in [0.25, 0.3) is 0 Å². The summed E-state index contributed by atoms with van der Waals surface area (Å²) in [6.07, 6.45) is -0.547. The third kappa shape index (κ3) is 9.66. The van der Waals surface area contributed by atoms with Crippen molar-refractivity contribution in [2.24, 2.45) is 0 Å². The molecule has 0 saturated carbocycles. The Morgan fingerprint density at radius 1 is 1.07 bits per heavy atom. The number of carboxylic acid groups (broad SMARTS) is 1. The Bertz CT molecular complexity index is 494. The van der Waals surface area contributed by atoms with Crippen LogP contribution in [0.2, 0.25) is 0 Å². The van der Waals surface area contributed by atoms with Gasteiger partial charge in [0.2, 0.25) is 0 Å². The van der Waals surface area contributed by atoms with E-state index in [9.17, 15) is 14.4 Å². The summed E-state index contributed by atoms with van der Waals surface area (Å²) in [4.78, 5) is 31.8. The first kappa shape index (κ1) is 23.3. The maximum Gasteiger partial charge on any atom is 0.333 e. The molecule has 0 radical (unpaired) electrons. The third-order valence-corrected chi connectivity index (χ3v) is 4.00. The first-order valence-electron chi connectivity index (χ1n) is 8.72. The second-order valence-corrected chi connectivity index (χ2v) is 6.30. The summed E-state index contributed by atoms with van der Waals surface area (Å²) >= 11 is 0. The first-order valence-corrected chi connectivity index (χ1v) is 8.72. The topological polar surface area (TPSA) is 138 Å². The van der Waals surface area contributed by atoms with Crippen molar-refractivity contribution in [3.8, 4) is 0 Å². The smallest absolute Gasteiger partial charge is 0.333 e. The fraction of sp³-hybridized carbons (Fsp3) is 0.824. The second-order valence-electron chi connectivity index (χ2n) is 6.30. The number of aliphatic hydroxyl groups is 1. The summed E-state index contributed by atoms with van der Waals surface area (Å²) in [6, 6.07) is 0. The van der Waals surface area contributed by atoms with Gasteiger partial charge in [-0.25, -0.2) is 4.79 Å². The molecular weight excluding hydrogens is 364 g/mol. The second kappa shape index (κ2) is 11.9. The van der Waals surface area contributed by atoms with E-state index in [1.807, 2.05) is 0 Å². The van der Waals surface area contributed by atoms with E-state index < -0.39 is 18.4 Å². The van der Waals surface area contributed by atoms with Crippen molar-refractivity contribution in [1.82, 2.24) is 0 Å². The predicted octanol–water partition coefficient (Wildman–Crippen LogP) is 0.244. The van der Waals surface area contributed by atoms with Gasteiger partial charge >= 0.3 is 17.9 Å². The molecule has 2 fully saturated rings. The highest BCUT2D eigenvalue weighted by molar-refractivity contribution is 5.72. The lowest BCUT2D eigenvalue weighted by atomic mass is 10.1. The van der Waals surface area contributed by atoms with Crippen molar-refractivity contribution in [1.29, 1.82) is 0 Å². The summed E-state index contributed by atoms with van der Waals surface area (Å²) in [5.41, 5.74) is 0. The molecule has 2 N–H and O–H groups in total. The van der Waals surface area contributed by atoms with Crippen LogP contribution in [0.4, 0.5) is 0 Å². The van der Waals surface area contributed by atoms with Crippen LogP contribution in [-0.2, 0) is 38.1 Å². The number of esters is 2. The number of hydrogen-bond acceptors (Lipinski definition) is 9. The van der Waals surface area contributed by atoms with E-state index in [-0.39, 0.29) is 36.9 Å². The van der Waals surface area contributed by atoms with Crippen molar-refractivity contribution < 1.29 is 48.3 Å². The number of ether oxygens (including phenoxy) is 5. The van der Waals surface area contributed by atoms with Crippen molar-refractivity contribution in [2.75, 3.05) is 20.3 Å². The summed E-state index contributed by atoms with van der Waals surface area (Å²) in [5.74, 6) is -1.67. The van der Waals surface area contributed by atoms with Crippen molar-refractivity contribution in [2.45, 2.75) is 70.2 Å². The number of aliphatic hydroxyl groups excluding tert-OH is 1. The summed E-state index contributed by atoms with van der Waals surface area (Å²) in [7, 11) is 1.49. The highest BCUT2D eigenvalue weighted by Gasteiger charge is 2.32. The molecule has 0 spiro atoms. The highest BCUT2D eigenvalue weighted by atomic mass is 16.6. The lowest BCUT2D eigenvalue weighted by Gasteiger charge is -2.29. The van der Waals surface area contributed by atoms with E-state index in [2.05, 4.69) is 0 Å². The summed E-state index contributed by atoms with van der Waals surface area (Å²) < 4.78 is 25.0. The van der Waals surface area contributed by atoms with E-state index in [0.29, 0.717) is 32.3 Å². The zero-order valence-electron chi connectivity index (χ0n) is 15.8. The molecule has 2 rings (SSSR count). The van der Waals surface area contributed by atoms with E-state index in [1.165, 1.54) is 21.0 Å². The fourth-order valence-electron chi connectivity index (χ4n) is 2.73. The normalized spacial score (nSPS) is 30.4. The third-order valence-electron chi connectivity index (χ3n) is 4.00. The monoisotopic (exact) mass is 392 g/mol. The fourth-order valence-corrected chi connectivity index (χ4v) is 2.73.